The molecule has 1 saturated heterocycles. The second kappa shape index (κ2) is 6.83. The zero-order chi connectivity index (χ0) is 12.8. The molecular formula is C14H20FNO2. The number of nitrogens with zero attached hydrogens (tertiary/aromatic N) is 1. The largest absolute Gasteiger partial charge is 0.388 e. The first kappa shape index (κ1) is 13.5. The smallest absolute Gasteiger partial charge is 0.128 e. The second-order valence-corrected chi connectivity index (χ2v) is 4.63. The van der Waals surface area contributed by atoms with E-state index in [4.69, 9.17) is 4.74 Å². The highest BCUT2D eigenvalue weighted by atomic mass is 19.1. The quantitative estimate of drug-likeness (QED) is 0.890. The number of hydrogen-bond acceptors (Lipinski definition) is 3. The standard InChI is InChI=1S/C14H20FNO2/c15-13-5-2-1-4-12(13)14(17)6-8-16-7-3-10-18-11-9-16/h1-2,4-5,14,17H,3,6-11H2. The Hall–Kier alpha value is -0.970. The van der Waals surface area contributed by atoms with Crippen LogP contribution in [-0.2, 0) is 4.74 Å². The summed E-state index contributed by atoms with van der Waals surface area (Å²) in [5.41, 5.74) is 0.392. The Labute approximate surface area is 107 Å². The molecule has 3 nitrogen and oxygen atoms in total. The zero-order valence-electron chi connectivity index (χ0n) is 10.5. The van der Waals surface area contributed by atoms with Crippen molar-refractivity contribution in [3.8, 4) is 0 Å². The summed E-state index contributed by atoms with van der Waals surface area (Å²) in [6.07, 6.45) is 0.854. The molecule has 18 heavy (non-hydrogen) atoms. The molecule has 100 valence electrons. The minimum atomic E-state index is -0.727. The average Bonchev–Trinajstić information content (AvgIpc) is 2.65. The van der Waals surface area contributed by atoms with Gasteiger partial charge in [-0.1, -0.05) is 18.2 Å². The maximum Gasteiger partial charge on any atom is 0.128 e. The zero-order valence-corrected chi connectivity index (χ0v) is 10.5. The fourth-order valence-corrected chi connectivity index (χ4v) is 2.23. The van der Waals surface area contributed by atoms with Gasteiger partial charge in [-0.3, -0.25) is 0 Å². The molecule has 0 bridgehead atoms. The van der Waals surface area contributed by atoms with Crippen molar-refractivity contribution in [2.45, 2.75) is 18.9 Å². The number of halogens is 1. The molecule has 0 aromatic heterocycles. The number of hydrogen-bond donors (Lipinski definition) is 1. The molecule has 0 spiro atoms. The van der Waals surface area contributed by atoms with E-state index in [0.29, 0.717) is 12.0 Å². The first-order valence-corrected chi connectivity index (χ1v) is 6.50. The molecule has 0 radical (unpaired) electrons. The maximum absolute atomic E-state index is 13.5. The number of rotatable bonds is 4. The number of benzene rings is 1. The molecule has 1 N–H and O–H groups in total. The summed E-state index contributed by atoms with van der Waals surface area (Å²) in [6.45, 7) is 4.22. The van der Waals surface area contributed by atoms with Crippen LogP contribution in [0.5, 0.6) is 0 Å². The lowest BCUT2D eigenvalue weighted by molar-refractivity contribution is 0.125. The van der Waals surface area contributed by atoms with Gasteiger partial charge in [0.1, 0.15) is 5.82 Å². The van der Waals surface area contributed by atoms with Crippen molar-refractivity contribution >= 4 is 0 Å². The van der Waals surface area contributed by atoms with Gasteiger partial charge in [0.15, 0.2) is 0 Å². The van der Waals surface area contributed by atoms with Crippen molar-refractivity contribution in [2.24, 2.45) is 0 Å². The van der Waals surface area contributed by atoms with E-state index < -0.39 is 6.10 Å². The van der Waals surface area contributed by atoms with Gasteiger partial charge in [-0.25, -0.2) is 4.39 Å². The second-order valence-electron chi connectivity index (χ2n) is 4.63. The SMILES string of the molecule is OC(CCN1CCCOCC1)c1ccccc1F. The monoisotopic (exact) mass is 253 g/mol. The molecule has 1 heterocycles. The van der Waals surface area contributed by atoms with E-state index in [1.54, 1.807) is 18.2 Å². The average molecular weight is 253 g/mol. The summed E-state index contributed by atoms with van der Waals surface area (Å²) in [7, 11) is 0. The maximum atomic E-state index is 13.5. The third-order valence-electron chi connectivity index (χ3n) is 3.30. The highest BCUT2D eigenvalue weighted by Gasteiger charge is 2.15. The topological polar surface area (TPSA) is 32.7 Å². The summed E-state index contributed by atoms with van der Waals surface area (Å²) >= 11 is 0. The van der Waals surface area contributed by atoms with E-state index in [-0.39, 0.29) is 5.82 Å². The van der Waals surface area contributed by atoms with Crippen LogP contribution in [0.2, 0.25) is 0 Å². The number of aliphatic hydroxyl groups is 1. The van der Waals surface area contributed by atoms with Crippen LogP contribution in [0.3, 0.4) is 0 Å². The van der Waals surface area contributed by atoms with Crippen LogP contribution in [0.1, 0.15) is 24.5 Å². The fourth-order valence-electron chi connectivity index (χ4n) is 2.23. The van der Waals surface area contributed by atoms with Crippen LogP contribution in [0.15, 0.2) is 24.3 Å². The predicted octanol–water partition coefficient (Wildman–Crippen LogP) is 1.97. The summed E-state index contributed by atoms with van der Waals surface area (Å²) < 4.78 is 18.8. The Balaban J connectivity index is 1.84. The van der Waals surface area contributed by atoms with E-state index in [9.17, 15) is 9.50 Å². The van der Waals surface area contributed by atoms with Gasteiger partial charge in [-0.2, -0.15) is 0 Å². The molecule has 1 fully saturated rings. The lowest BCUT2D eigenvalue weighted by Crippen LogP contribution is -2.28. The van der Waals surface area contributed by atoms with Gasteiger partial charge in [-0.15, -0.1) is 0 Å². The fraction of sp³-hybridized carbons (Fsp3) is 0.571. The van der Waals surface area contributed by atoms with E-state index in [2.05, 4.69) is 4.90 Å². The first-order chi connectivity index (χ1) is 8.77. The molecule has 1 aromatic carbocycles. The molecule has 2 rings (SSSR count). The van der Waals surface area contributed by atoms with Crippen LogP contribution in [0.4, 0.5) is 4.39 Å². The van der Waals surface area contributed by atoms with Gasteiger partial charge in [-0.05, 0) is 18.9 Å². The van der Waals surface area contributed by atoms with Crippen molar-refractivity contribution in [3.05, 3.63) is 35.6 Å². The summed E-state index contributed by atoms with van der Waals surface area (Å²) in [6, 6.07) is 6.42. The van der Waals surface area contributed by atoms with Gasteiger partial charge in [0.25, 0.3) is 0 Å². The molecule has 1 aromatic rings. The first-order valence-electron chi connectivity index (χ1n) is 6.50. The minimum absolute atomic E-state index is 0.329. The molecule has 4 heteroatoms. The van der Waals surface area contributed by atoms with E-state index >= 15 is 0 Å². The molecule has 0 saturated carbocycles. The molecule has 1 atom stereocenters. The van der Waals surface area contributed by atoms with E-state index in [0.717, 1.165) is 39.3 Å². The normalized spacial score (nSPS) is 19.4. The Morgan fingerprint density at radius 3 is 2.94 bits per heavy atom. The summed E-state index contributed by atoms with van der Waals surface area (Å²) in [4.78, 5) is 2.26. The van der Waals surface area contributed by atoms with Gasteiger partial charge < -0.3 is 14.7 Å². The van der Waals surface area contributed by atoms with Gasteiger partial charge in [0.2, 0.25) is 0 Å². The van der Waals surface area contributed by atoms with E-state index in [1.807, 2.05) is 0 Å². The lowest BCUT2D eigenvalue weighted by atomic mass is 10.1. The summed E-state index contributed by atoms with van der Waals surface area (Å²) in [5.74, 6) is -0.329. The van der Waals surface area contributed by atoms with Crippen molar-refractivity contribution in [3.63, 3.8) is 0 Å². The van der Waals surface area contributed by atoms with Crippen LogP contribution < -0.4 is 0 Å². The third-order valence-corrected chi connectivity index (χ3v) is 3.30. The third kappa shape index (κ3) is 3.77. The Bertz CT molecular complexity index is 365. The van der Waals surface area contributed by atoms with Gasteiger partial charge in [0.05, 0.1) is 12.7 Å². The molecule has 1 aliphatic heterocycles. The van der Waals surface area contributed by atoms with Crippen molar-refractivity contribution < 1.29 is 14.2 Å². The van der Waals surface area contributed by atoms with Gasteiger partial charge in [0, 0.05) is 31.8 Å². The van der Waals surface area contributed by atoms with Crippen LogP contribution in [0.25, 0.3) is 0 Å². The van der Waals surface area contributed by atoms with Crippen molar-refractivity contribution in [1.29, 1.82) is 0 Å². The molecular weight excluding hydrogens is 233 g/mol. The highest BCUT2D eigenvalue weighted by Crippen LogP contribution is 2.20. The van der Waals surface area contributed by atoms with Crippen molar-refractivity contribution in [1.82, 2.24) is 4.90 Å². The Morgan fingerprint density at radius 2 is 2.11 bits per heavy atom. The molecule has 1 aliphatic rings. The Morgan fingerprint density at radius 1 is 1.28 bits per heavy atom. The van der Waals surface area contributed by atoms with E-state index in [1.165, 1.54) is 6.07 Å². The molecule has 0 amide bonds. The lowest BCUT2D eigenvalue weighted by Gasteiger charge is -2.21. The summed E-state index contributed by atoms with van der Waals surface area (Å²) in [5, 5.41) is 10.0. The van der Waals surface area contributed by atoms with Crippen LogP contribution in [0, 0.1) is 5.82 Å². The highest BCUT2D eigenvalue weighted by molar-refractivity contribution is 5.19. The number of aliphatic hydroxyl groups excluding tert-OH is 1. The molecule has 0 aliphatic carbocycles. The van der Waals surface area contributed by atoms with Crippen molar-refractivity contribution in [2.75, 3.05) is 32.8 Å². The molecule has 1 unspecified atom stereocenters. The predicted molar refractivity (Wildman–Crippen MR) is 67.9 cm³/mol. The number of ether oxygens (including phenoxy) is 1. The minimum Gasteiger partial charge on any atom is -0.388 e. The Kier molecular flexibility index (Phi) is 5.11. The van der Waals surface area contributed by atoms with Gasteiger partial charge >= 0.3 is 0 Å². The van der Waals surface area contributed by atoms with Crippen LogP contribution in [-0.4, -0.2) is 42.9 Å². The van der Waals surface area contributed by atoms with Crippen LogP contribution >= 0.6 is 0 Å².